The number of aromatic nitrogens is 3. The van der Waals surface area contributed by atoms with E-state index in [0.29, 0.717) is 6.54 Å². The molecule has 0 saturated carbocycles. The molecule has 0 bridgehead atoms. The first kappa shape index (κ1) is 17.1. The number of carbonyl (C=O) groups is 1. The van der Waals surface area contributed by atoms with Gasteiger partial charge in [-0.15, -0.1) is 5.10 Å². The molecule has 0 aliphatic rings. The van der Waals surface area contributed by atoms with Crippen molar-refractivity contribution < 1.29 is 9.18 Å². The summed E-state index contributed by atoms with van der Waals surface area (Å²) >= 11 is 3.41. The lowest BCUT2D eigenvalue weighted by Crippen LogP contribution is -2.24. The monoisotopic (exact) mass is 403 g/mol. The number of nitrogens with one attached hydrogen (secondary N) is 1. The van der Waals surface area contributed by atoms with Crippen LogP contribution >= 0.6 is 15.9 Å². The summed E-state index contributed by atoms with van der Waals surface area (Å²) in [6.07, 6.45) is 0. The second-order valence-corrected chi connectivity index (χ2v) is 6.34. The second kappa shape index (κ2) is 7.43. The van der Waals surface area contributed by atoms with Crippen molar-refractivity contribution in [1.29, 1.82) is 0 Å². The lowest BCUT2D eigenvalue weighted by Gasteiger charge is -2.06. The van der Waals surface area contributed by atoms with Gasteiger partial charge in [-0.1, -0.05) is 45.4 Å². The van der Waals surface area contributed by atoms with Crippen LogP contribution in [0.5, 0.6) is 0 Å². The summed E-state index contributed by atoms with van der Waals surface area (Å²) in [4.78, 5) is 12.2. The lowest BCUT2D eigenvalue weighted by molar-refractivity contribution is 0.0946. The number of carbonyl (C=O) groups excluding carboxylic acids is 1. The van der Waals surface area contributed by atoms with Crippen LogP contribution in [0, 0.1) is 5.82 Å². The van der Waals surface area contributed by atoms with Crippen molar-refractivity contribution in [3.8, 4) is 0 Å². The van der Waals surface area contributed by atoms with E-state index in [0.717, 1.165) is 15.6 Å². The zero-order valence-corrected chi connectivity index (χ0v) is 14.7. The molecule has 8 heteroatoms. The molecule has 25 heavy (non-hydrogen) atoms. The zero-order valence-electron chi connectivity index (χ0n) is 13.1. The first-order valence-corrected chi connectivity index (χ1v) is 8.28. The number of nitrogens with zero attached hydrogens (tertiary/aromatic N) is 3. The average molecular weight is 404 g/mol. The minimum absolute atomic E-state index is 0.0668. The highest BCUT2D eigenvalue weighted by molar-refractivity contribution is 9.10. The molecule has 1 aromatic heterocycles. The SMILES string of the molecule is Nc1c(C(=O)NCc2ccc(F)cc2)nnn1Cc1cccc(Br)c1. The van der Waals surface area contributed by atoms with E-state index in [2.05, 4.69) is 31.6 Å². The molecule has 0 radical (unpaired) electrons. The fourth-order valence-electron chi connectivity index (χ4n) is 2.28. The molecule has 2 aromatic carbocycles. The van der Waals surface area contributed by atoms with Gasteiger partial charge in [0.15, 0.2) is 11.5 Å². The summed E-state index contributed by atoms with van der Waals surface area (Å²) in [7, 11) is 0. The third-order valence-corrected chi connectivity index (χ3v) is 4.07. The quantitative estimate of drug-likeness (QED) is 0.685. The van der Waals surface area contributed by atoms with Gasteiger partial charge in [-0.25, -0.2) is 9.07 Å². The van der Waals surface area contributed by atoms with Crippen LogP contribution in [0.25, 0.3) is 0 Å². The molecule has 3 rings (SSSR count). The van der Waals surface area contributed by atoms with E-state index in [-0.39, 0.29) is 23.9 Å². The predicted octanol–water partition coefficient (Wildman–Crippen LogP) is 2.74. The Morgan fingerprint density at radius 3 is 2.68 bits per heavy atom. The van der Waals surface area contributed by atoms with Crippen LogP contribution in [0.4, 0.5) is 10.2 Å². The number of benzene rings is 2. The van der Waals surface area contributed by atoms with Crippen molar-refractivity contribution >= 4 is 27.7 Å². The van der Waals surface area contributed by atoms with Gasteiger partial charge in [-0.3, -0.25) is 4.79 Å². The predicted molar refractivity (Wildman–Crippen MR) is 95.2 cm³/mol. The van der Waals surface area contributed by atoms with Crippen molar-refractivity contribution in [1.82, 2.24) is 20.3 Å². The van der Waals surface area contributed by atoms with Crippen LogP contribution in [0.15, 0.2) is 53.0 Å². The Morgan fingerprint density at radius 1 is 1.20 bits per heavy atom. The van der Waals surface area contributed by atoms with E-state index in [9.17, 15) is 9.18 Å². The standard InChI is InChI=1S/C17H15BrFN5O/c18-13-3-1-2-12(8-13)10-24-16(20)15(22-23-24)17(25)21-9-11-4-6-14(19)7-5-11/h1-8H,9-10,20H2,(H,21,25). The molecule has 3 aromatic rings. The van der Waals surface area contributed by atoms with E-state index in [4.69, 9.17) is 5.73 Å². The molecule has 0 atom stereocenters. The minimum atomic E-state index is -0.428. The lowest BCUT2D eigenvalue weighted by atomic mass is 10.2. The fraction of sp³-hybridized carbons (Fsp3) is 0.118. The number of nitrogens with two attached hydrogens (primary N) is 1. The molecule has 3 N–H and O–H groups in total. The summed E-state index contributed by atoms with van der Waals surface area (Å²) in [6.45, 7) is 0.653. The molecule has 0 spiro atoms. The molecule has 1 amide bonds. The Hall–Kier alpha value is -2.74. The summed E-state index contributed by atoms with van der Waals surface area (Å²) in [5, 5.41) is 10.5. The molecule has 6 nitrogen and oxygen atoms in total. The molecule has 0 fully saturated rings. The van der Waals surface area contributed by atoms with Gasteiger partial charge in [0, 0.05) is 11.0 Å². The number of hydrogen-bond acceptors (Lipinski definition) is 4. The van der Waals surface area contributed by atoms with Crippen molar-refractivity contribution in [2.45, 2.75) is 13.1 Å². The number of amides is 1. The Morgan fingerprint density at radius 2 is 1.96 bits per heavy atom. The number of hydrogen-bond donors (Lipinski definition) is 2. The van der Waals surface area contributed by atoms with Crippen molar-refractivity contribution in [2.24, 2.45) is 0 Å². The van der Waals surface area contributed by atoms with Crippen LogP contribution in [0.3, 0.4) is 0 Å². The van der Waals surface area contributed by atoms with Gasteiger partial charge in [0.05, 0.1) is 6.54 Å². The largest absolute Gasteiger partial charge is 0.382 e. The molecule has 0 aliphatic carbocycles. The minimum Gasteiger partial charge on any atom is -0.382 e. The van der Waals surface area contributed by atoms with E-state index in [1.54, 1.807) is 12.1 Å². The highest BCUT2D eigenvalue weighted by atomic mass is 79.9. The van der Waals surface area contributed by atoms with Gasteiger partial charge >= 0.3 is 0 Å². The second-order valence-electron chi connectivity index (χ2n) is 5.42. The first-order chi connectivity index (χ1) is 12.0. The van der Waals surface area contributed by atoms with Gasteiger partial charge < -0.3 is 11.1 Å². The molecule has 0 saturated heterocycles. The van der Waals surface area contributed by atoms with Crippen molar-refractivity contribution in [3.05, 3.63) is 75.6 Å². The summed E-state index contributed by atoms with van der Waals surface area (Å²) in [5.74, 6) is -0.561. The van der Waals surface area contributed by atoms with Crippen LogP contribution in [-0.2, 0) is 13.1 Å². The zero-order chi connectivity index (χ0) is 17.8. The third-order valence-electron chi connectivity index (χ3n) is 3.58. The van der Waals surface area contributed by atoms with Gasteiger partial charge in [0.1, 0.15) is 5.82 Å². The van der Waals surface area contributed by atoms with Gasteiger partial charge in [-0.05, 0) is 35.4 Å². The number of nitrogen functional groups attached to an aromatic ring is 1. The summed E-state index contributed by atoms with van der Waals surface area (Å²) < 4.78 is 15.3. The number of halogens is 2. The van der Waals surface area contributed by atoms with Crippen LogP contribution in [0.2, 0.25) is 0 Å². The molecule has 128 valence electrons. The maximum atomic E-state index is 12.9. The van der Waals surface area contributed by atoms with Crippen molar-refractivity contribution in [3.63, 3.8) is 0 Å². The molecule has 0 unspecified atom stereocenters. The van der Waals surface area contributed by atoms with Crippen LogP contribution in [0.1, 0.15) is 21.6 Å². The Bertz CT molecular complexity index is 894. The molecular weight excluding hydrogens is 389 g/mol. The maximum absolute atomic E-state index is 12.9. The molecule has 1 heterocycles. The highest BCUT2D eigenvalue weighted by Crippen LogP contribution is 2.15. The van der Waals surface area contributed by atoms with E-state index >= 15 is 0 Å². The van der Waals surface area contributed by atoms with E-state index in [1.165, 1.54) is 16.8 Å². The Labute approximate surface area is 152 Å². The third kappa shape index (κ3) is 4.21. The Kier molecular flexibility index (Phi) is 5.08. The normalized spacial score (nSPS) is 10.6. The maximum Gasteiger partial charge on any atom is 0.275 e. The fourth-order valence-corrected chi connectivity index (χ4v) is 2.72. The first-order valence-electron chi connectivity index (χ1n) is 7.49. The summed E-state index contributed by atoms with van der Waals surface area (Å²) in [5.41, 5.74) is 7.81. The van der Waals surface area contributed by atoms with E-state index < -0.39 is 5.91 Å². The van der Waals surface area contributed by atoms with Gasteiger partial charge in [0.25, 0.3) is 5.91 Å². The van der Waals surface area contributed by atoms with Gasteiger partial charge in [-0.2, -0.15) is 0 Å². The average Bonchev–Trinajstić information content (AvgIpc) is 2.95. The number of rotatable bonds is 5. The summed E-state index contributed by atoms with van der Waals surface area (Å²) in [6, 6.07) is 13.6. The van der Waals surface area contributed by atoms with Gasteiger partial charge in [0.2, 0.25) is 0 Å². The van der Waals surface area contributed by atoms with Crippen LogP contribution in [-0.4, -0.2) is 20.9 Å². The Balaban J connectivity index is 1.67. The smallest absolute Gasteiger partial charge is 0.275 e. The number of anilines is 1. The molecule has 0 aliphatic heterocycles. The van der Waals surface area contributed by atoms with Crippen molar-refractivity contribution in [2.75, 3.05) is 5.73 Å². The highest BCUT2D eigenvalue weighted by Gasteiger charge is 2.17. The van der Waals surface area contributed by atoms with Crippen LogP contribution < -0.4 is 11.1 Å². The molecular formula is C17H15BrFN5O. The topological polar surface area (TPSA) is 85.8 Å². The van der Waals surface area contributed by atoms with E-state index in [1.807, 2.05) is 24.3 Å².